The van der Waals surface area contributed by atoms with Gasteiger partial charge in [-0.3, -0.25) is 5.32 Å². The molecule has 0 fully saturated rings. The Hall–Kier alpha value is -1.46. The van der Waals surface area contributed by atoms with Crippen molar-refractivity contribution in [2.75, 3.05) is 7.11 Å². The maximum absolute atomic E-state index is 5.55. The third-order valence-corrected chi connectivity index (χ3v) is 3.11. The second-order valence-corrected chi connectivity index (χ2v) is 4.41. The summed E-state index contributed by atoms with van der Waals surface area (Å²) in [6.45, 7) is 4.32. The molecule has 0 radical (unpaired) electrons. The quantitative estimate of drug-likeness (QED) is 0.742. The lowest BCUT2D eigenvalue weighted by Gasteiger charge is -2.22. The van der Waals surface area contributed by atoms with Gasteiger partial charge in [0.15, 0.2) is 0 Å². The van der Waals surface area contributed by atoms with Crippen LogP contribution in [-0.2, 0) is 0 Å². The number of nitrogens with one attached hydrogen (secondary N) is 1. The number of terminal acetylenes is 1. The third kappa shape index (κ3) is 4.09. The van der Waals surface area contributed by atoms with E-state index in [0.29, 0.717) is 6.04 Å². The molecule has 0 amide bonds. The highest BCUT2D eigenvalue weighted by atomic mass is 16.5. The Bertz CT molecular complexity index is 377. The SMILES string of the molecule is C#CC(CCC)NC(CC)c1ccc(OC)cc1. The Morgan fingerprint density at radius 2 is 1.94 bits per heavy atom. The van der Waals surface area contributed by atoms with Gasteiger partial charge in [0.25, 0.3) is 0 Å². The molecule has 2 nitrogen and oxygen atoms in total. The first-order chi connectivity index (χ1) is 8.74. The topological polar surface area (TPSA) is 21.3 Å². The van der Waals surface area contributed by atoms with Crippen molar-refractivity contribution in [1.82, 2.24) is 5.32 Å². The average Bonchev–Trinajstić information content (AvgIpc) is 2.43. The zero-order valence-electron chi connectivity index (χ0n) is 11.6. The molecule has 0 bridgehead atoms. The summed E-state index contributed by atoms with van der Waals surface area (Å²) in [6.07, 6.45) is 8.69. The summed E-state index contributed by atoms with van der Waals surface area (Å²) in [7, 11) is 1.68. The van der Waals surface area contributed by atoms with Gasteiger partial charge in [0.1, 0.15) is 5.75 Å². The minimum atomic E-state index is 0.155. The van der Waals surface area contributed by atoms with Crippen molar-refractivity contribution in [1.29, 1.82) is 0 Å². The smallest absolute Gasteiger partial charge is 0.118 e. The molecule has 2 atom stereocenters. The number of hydrogen-bond acceptors (Lipinski definition) is 2. The molecule has 2 unspecified atom stereocenters. The predicted molar refractivity (Wildman–Crippen MR) is 76.7 cm³/mol. The molecule has 18 heavy (non-hydrogen) atoms. The van der Waals surface area contributed by atoms with E-state index in [1.54, 1.807) is 7.11 Å². The van der Waals surface area contributed by atoms with Crippen LogP contribution >= 0.6 is 0 Å². The molecule has 98 valence electrons. The van der Waals surface area contributed by atoms with E-state index >= 15 is 0 Å². The van der Waals surface area contributed by atoms with Crippen LogP contribution in [-0.4, -0.2) is 13.2 Å². The van der Waals surface area contributed by atoms with E-state index in [0.717, 1.165) is 25.0 Å². The van der Waals surface area contributed by atoms with E-state index in [4.69, 9.17) is 11.2 Å². The number of benzene rings is 1. The number of methoxy groups -OCH3 is 1. The predicted octanol–water partition coefficient (Wildman–Crippen LogP) is 3.54. The molecule has 0 aliphatic rings. The monoisotopic (exact) mass is 245 g/mol. The number of hydrogen-bond donors (Lipinski definition) is 1. The van der Waals surface area contributed by atoms with Crippen molar-refractivity contribution in [3.8, 4) is 18.1 Å². The zero-order valence-corrected chi connectivity index (χ0v) is 11.6. The van der Waals surface area contributed by atoms with Crippen molar-refractivity contribution in [3.63, 3.8) is 0 Å². The molecule has 0 aromatic heterocycles. The molecule has 1 N–H and O–H groups in total. The van der Waals surface area contributed by atoms with E-state index in [-0.39, 0.29) is 6.04 Å². The van der Waals surface area contributed by atoms with Crippen LogP contribution in [0.3, 0.4) is 0 Å². The normalized spacial score (nSPS) is 13.7. The maximum Gasteiger partial charge on any atom is 0.118 e. The Morgan fingerprint density at radius 1 is 1.28 bits per heavy atom. The molecular formula is C16H23NO. The summed E-state index contributed by atoms with van der Waals surface area (Å²) in [5.41, 5.74) is 1.26. The third-order valence-electron chi connectivity index (χ3n) is 3.11. The van der Waals surface area contributed by atoms with Gasteiger partial charge in [-0.2, -0.15) is 0 Å². The van der Waals surface area contributed by atoms with Crippen molar-refractivity contribution in [2.45, 2.75) is 45.2 Å². The fraction of sp³-hybridized carbons (Fsp3) is 0.500. The van der Waals surface area contributed by atoms with Crippen LogP contribution in [0.5, 0.6) is 5.75 Å². The molecule has 1 rings (SSSR count). The Morgan fingerprint density at radius 3 is 2.39 bits per heavy atom. The molecule has 2 heteroatoms. The first kappa shape index (κ1) is 14.6. The van der Waals surface area contributed by atoms with Crippen LogP contribution in [0.1, 0.15) is 44.7 Å². The molecule has 0 saturated heterocycles. The lowest BCUT2D eigenvalue weighted by atomic mass is 10.0. The fourth-order valence-electron chi connectivity index (χ4n) is 2.03. The van der Waals surface area contributed by atoms with Gasteiger partial charge in [-0.05, 0) is 30.5 Å². The van der Waals surface area contributed by atoms with Crippen molar-refractivity contribution in [2.24, 2.45) is 0 Å². The van der Waals surface area contributed by atoms with Gasteiger partial charge < -0.3 is 4.74 Å². The summed E-state index contributed by atoms with van der Waals surface area (Å²) < 4.78 is 5.17. The molecule has 0 spiro atoms. The number of rotatable bonds is 7. The summed E-state index contributed by atoms with van der Waals surface area (Å²) in [5.74, 6) is 3.71. The van der Waals surface area contributed by atoms with Gasteiger partial charge in [-0.1, -0.05) is 38.3 Å². The van der Waals surface area contributed by atoms with Crippen LogP contribution in [0.4, 0.5) is 0 Å². The molecule has 1 aromatic carbocycles. The molecule has 0 heterocycles. The average molecular weight is 245 g/mol. The standard InChI is InChI=1S/C16H23NO/c1-5-8-14(6-2)17-16(7-3)13-9-11-15(18-4)12-10-13/h2,9-12,14,16-17H,5,7-8H2,1,3-4H3. The van der Waals surface area contributed by atoms with Crippen LogP contribution in [0.2, 0.25) is 0 Å². The van der Waals surface area contributed by atoms with E-state index in [1.807, 2.05) is 12.1 Å². The number of ether oxygens (including phenoxy) is 1. The van der Waals surface area contributed by atoms with Crippen LogP contribution in [0, 0.1) is 12.3 Å². The van der Waals surface area contributed by atoms with Gasteiger partial charge in [-0.25, -0.2) is 0 Å². The Labute approximate surface area is 111 Å². The largest absolute Gasteiger partial charge is 0.497 e. The van der Waals surface area contributed by atoms with E-state index in [9.17, 15) is 0 Å². The van der Waals surface area contributed by atoms with Crippen molar-refractivity contribution >= 4 is 0 Å². The van der Waals surface area contributed by atoms with E-state index < -0.39 is 0 Å². The summed E-state index contributed by atoms with van der Waals surface area (Å²) in [4.78, 5) is 0. The second kappa shape index (κ2) is 7.79. The molecule has 0 aliphatic heterocycles. The first-order valence-corrected chi connectivity index (χ1v) is 6.61. The first-order valence-electron chi connectivity index (χ1n) is 6.61. The maximum atomic E-state index is 5.55. The summed E-state index contributed by atoms with van der Waals surface area (Å²) >= 11 is 0. The molecule has 0 aliphatic carbocycles. The summed E-state index contributed by atoms with van der Waals surface area (Å²) in [5, 5.41) is 3.53. The van der Waals surface area contributed by atoms with Crippen LogP contribution < -0.4 is 10.1 Å². The Balaban J connectivity index is 2.72. The highest BCUT2D eigenvalue weighted by Gasteiger charge is 2.13. The minimum Gasteiger partial charge on any atom is -0.497 e. The van der Waals surface area contributed by atoms with Gasteiger partial charge in [0.2, 0.25) is 0 Å². The van der Waals surface area contributed by atoms with E-state index in [2.05, 4.69) is 37.2 Å². The zero-order chi connectivity index (χ0) is 13.4. The highest BCUT2D eigenvalue weighted by Crippen LogP contribution is 2.21. The highest BCUT2D eigenvalue weighted by molar-refractivity contribution is 5.29. The van der Waals surface area contributed by atoms with Crippen molar-refractivity contribution in [3.05, 3.63) is 29.8 Å². The molecule has 1 aromatic rings. The van der Waals surface area contributed by atoms with Crippen LogP contribution in [0.15, 0.2) is 24.3 Å². The van der Waals surface area contributed by atoms with Gasteiger partial charge >= 0.3 is 0 Å². The van der Waals surface area contributed by atoms with Crippen molar-refractivity contribution < 1.29 is 4.74 Å². The summed E-state index contributed by atoms with van der Waals surface area (Å²) in [6, 6.07) is 8.64. The van der Waals surface area contributed by atoms with Gasteiger partial charge in [0, 0.05) is 6.04 Å². The van der Waals surface area contributed by atoms with Gasteiger partial charge in [0.05, 0.1) is 13.2 Å². The van der Waals surface area contributed by atoms with E-state index in [1.165, 1.54) is 5.56 Å². The minimum absolute atomic E-state index is 0.155. The lowest BCUT2D eigenvalue weighted by Crippen LogP contribution is -2.31. The van der Waals surface area contributed by atoms with Crippen LogP contribution in [0.25, 0.3) is 0 Å². The molecular weight excluding hydrogens is 222 g/mol. The fourth-order valence-corrected chi connectivity index (χ4v) is 2.03. The van der Waals surface area contributed by atoms with Gasteiger partial charge in [-0.15, -0.1) is 6.42 Å². The molecule has 0 saturated carbocycles. The lowest BCUT2D eigenvalue weighted by molar-refractivity contribution is 0.413. The Kier molecular flexibility index (Phi) is 6.32. The second-order valence-electron chi connectivity index (χ2n) is 4.41.